The molecule has 0 unspecified atom stereocenters. The van der Waals surface area contributed by atoms with Crippen molar-refractivity contribution >= 4 is 33.2 Å². The molecule has 2 aromatic rings. The fraction of sp³-hybridized carbons (Fsp3) is 0.381. The topological polar surface area (TPSA) is 94.2 Å². The standard InChI is InChI=1S/C21H27ClN2O6S/c1-13(15-7-9-19(29-4)20(11-15)30-5)23-21(25)14(2)24(31(6,26)27)17-12-16(22)8-10-18(17)28-3/h7-14H,1-6H3,(H,23,25)/t13-,14+/m0/s1. The third kappa shape index (κ3) is 5.74. The average Bonchev–Trinajstić information content (AvgIpc) is 2.72. The fourth-order valence-corrected chi connectivity index (χ4v) is 4.49. The smallest absolute Gasteiger partial charge is 0.244 e. The van der Waals surface area contributed by atoms with Gasteiger partial charge in [0, 0.05) is 5.02 Å². The van der Waals surface area contributed by atoms with Gasteiger partial charge in [0.25, 0.3) is 0 Å². The summed E-state index contributed by atoms with van der Waals surface area (Å²) in [5.74, 6) is 0.877. The Kier molecular flexibility index (Phi) is 8.02. The molecule has 0 spiro atoms. The van der Waals surface area contributed by atoms with E-state index in [2.05, 4.69) is 5.32 Å². The molecule has 31 heavy (non-hydrogen) atoms. The minimum atomic E-state index is -3.83. The van der Waals surface area contributed by atoms with Gasteiger partial charge < -0.3 is 19.5 Å². The van der Waals surface area contributed by atoms with Crippen LogP contribution < -0.4 is 23.8 Å². The van der Waals surface area contributed by atoms with Crippen LogP contribution in [0, 0.1) is 0 Å². The quantitative estimate of drug-likeness (QED) is 0.603. The van der Waals surface area contributed by atoms with Crippen molar-refractivity contribution in [2.75, 3.05) is 31.9 Å². The number of ether oxygens (including phenoxy) is 3. The number of rotatable bonds is 9. The first-order valence-corrected chi connectivity index (χ1v) is 11.6. The third-order valence-corrected chi connectivity index (χ3v) is 6.20. The van der Waals surface area contributed by atoms with Gasteiger partial charge in [0.1, 0.15) is 11.8 Å². The molecule has 0 radical (unpaired) electrons. The molecule has 0 heterocycles. The zero-order valence-electron chi connectivity index (χ0n) is 18.3. The summed E-state index contributed by atoms with van der Waals surface area (Å²) < 4.78 is 42.0. The Morgan fingerprint density at radius 2 is 1.55 bits per heavy atom. The first-order valence-electron chi connectivity index (χ1n) is 9.38. The lowest BCUT2D eigenvalue weighted by Gasteiger charge is -2.30. The Morgan fingerprint density at radius 3 is 2.10 bits per heavy atom. The van der Waals surface area contributed by atoms with Crippen molar-refractivity contribution in [3.05, 3.63) is 47.0 Å². The SMILES string of the molecule is COc1ccc([C@H](C)NC(=O)[C@@H](C)N(c2cc(Cl)ccc2OC)S(C)(=O)=O)cc1OC. The second kappa shape index (κ2) is 10.1. The van der Waals surface area contributed by atoms with Crippen LogP contribution in [0.1, 0.15) is 25.5 Å². The van der Waals surface area contributed by atoms with Gasteiger partial charge in [-0.3, -0.25) is 9.10 Å². The van der Waals surface area contributed by atoms with Crippen molar-refractivity contribution in [2.45, 2.75) is 25.9 Å². The van der Waals surface area contributed by atoms with Crippen LogP contribution >= 0.6 is 11.6 Å². The van der Waals surface area contributed by atoms with Gasteiger partial charge in [-0.15, -0.1) is 0 Å². The number of nitrogens with zero attached hydrogens (tertiary/aromatic N) is 1. The number of amides is 1. The van der Waals surface area contributed by atoms with Gasteiger partial charge in [-0.25, -0.2) is 8.42 Å². The van der Waals surface area contributed by atoms with Gasteiger partial charge in [-0.05, 0) is 49.7 Å². The molecular weight excluding hydrogens is 444 g/mol. The second-order valence-corrected chi connectivity index (χ2v) is 9.19. The maximum atomic E-state index is 13.0. The summed E-state index contributed by atoms with van der Waals surface area (Å²) in [5, 5.41) is 3.16. The van der Waals surface area contributed by atoms with Gasteiger partial charge >= 0.3 is 0 Å². The van der Waals surface area contributed by atoms with Crippen molar-refractivity contribution < 1.29 is 27.4 Å². The molecule has 8 nitrogen and oxygen atoms in total. The molecule has 1 amide bonds. The largest absolute Gasteiger partial charge is 0.495 e. The molecule has 0 aliphatic heterocycles. The van der Waals surface area contributed by atoms with Gasteiger partial charge in [0.15, 0.2) is 11.5 Å². The summed E-state index contributed by atoms with van der Waals surface area (Å²) in [6, 6.07) is 8.38. The molecule has 1 N–H and O–H groups in total. The number of hydrogen-bond acceptors (Lipinski definition) is 6. The molecule has 0 aliphatic rings. The molecule has 0 aromatic heterocycles. The summed E-state index contributed by atoms with van der Waals surface area (Å²) in [6.07, 6.45) is 1.02. The molecule has 0 saturated heterocycles. The fourth-order valence-electron chi connectivity index (χ4n) is 3.16. The molecule has 10 heteroatoms. The Balaban J connectivity index is 2.34. The maximum Gasteiger partial charge on any atom is 0.244 e. The Bertz CT molecular complexity index is 1040. The van der Waals surface area contributed by atoms with Gasteiger partial charge in [-0.2, -0.15) is 0 Å². The number of hydrogen-bond donors (Lipinski definition) is 1. The predicted octanol–water partition coefficient (Wildman–Crippen LogP) is 3.40. The molecule has 170 valence electrons. The lowest BCUT2D eigenvalue weighted by Crippen LogP contribution is -2.48. The number of anilines is 1. The molecule has 2 rings (SSSR count). The first-order chi connectivity index (χ1) is 14.5. The minimum Gasteiger partial charge on any atom is -0.495 e. The Hall–Kier alpha value is -2.65. The van der Waals surface area contributed by atoms with Gasteiger partial charge in [0.2, 0.25) is 15.9 Å². The van der Waals surface area contributed by atoms with Crippen LogP contribution in [0.15, 0.2) is 36.4 Å². The number of nitrogens with one attached hydrogen (secondary N) is 1. The van der Waals surface area contributed by atoms with Crippen molar-refractivity contribution in [1.29, 1.82) is 0 Å². The van der Waals surface area contributed by atoms with E-state index in [1.807, 2.05) is 0 Å². The zero-order chi connectivity index (χ0) is 23.3. The van der Waals surface area contributed by atoms with Crippen LogP contribution in [0.25, 0.3) is 0 Å². The van der Waals surface area contributed by atoms with E-state index in [9.17, 15) is 13.2 Å². The van der Waals surface area contributed by atoms with Gasteiger partial charge in [0.05, 0.1) is 39.3 Å². The van der Waals surface area contributed by atoms with Gasteiger partial charge in [-0.1, -0.05) is 17.7 Å². The molecule has 0 fully saturated rings. The highest BCUT2D eigenvalue weighted by Gasteiger charge is 2.32. The highest BCUT2D eigenvalue weighted by Crippen LogP contribution is 2.34. The van der Waals surface area contributed by atoms with Crippen LogP contribution in [0.5, 0.6) is 17.2 Å². The van der Waals surface area contributed by atoms with E-state index in [0.29, 0.717) is 16.5 Å². The summed E-state index contributed by atoms with van der Waals surface area (Å²) >= 11 is 6.07. The van der Waals surface area contributed by atoms with Crippen LogP contribution in [0.3, 0.4) is 0 Å². The van der Waals surface area contributed by atoms with Crippen LogP contribution in [-0.2, 0) is 14.8 Å². The molecule has 0 aliphatic carbocycles. The molecule has 2 atom stereocenters. The summed E-state index contributed by atoms with van der Waals surface area (Å²) in [6.45, 7) is 3.29. The summed E-state index contributed by atoms with van der Waals surface area (Å²) in [5.41, 5.74) is 0.948. The van der Waals surface area contributed by atoms with Crippen LogP contribution in [-0.4, -0.2) is 48.0 Å². The zero-order valence-corrected chi connectivity index (χ0v) is 19.9. The van der Waals surface area contributed by atoms with Crippen molar-refractivity contribution in [3.8, 4) is 17.2 Å². The number of halogens is 1. The van der Waals surface area contributed by atoms with E-state index in [1.54, 1.807) is 37.3 Å². The van der Waals surface area contributed by atoms with Crippen LogP contribution in [0.4, 0.5) is 5.69 Å². The van der Waals surface area contributed by atoms with E-state index in [0.717, 1.165) is 16.1 Å². The number of carbonyl (C=O) groups excluding carboxylic acids is 1. The van der Waals surface area contributed by atoms with Crippen molar-refractivity contribution in [1.82, 2.24) is 5.32 Å². The van der Waals surface area contributed by atoms with E-state index in [1.165, 1.54) is 34.3 Å². The number of sulfonamides is 1. The first kappa shape index (κ1) is 24.6. The number of carbonyl (C=O) groups is 1. The second-order valence-electron chi connectivity index (χ2n) is 6.90. The van der Waals surface area contributed by atoms with E-state index < -0.39 is 28.0 Å². The highest BCUT2D eigenvalue weighted by atomic mass is 35.5. The Morgan fingerprint density at radius 1 is 0.968 bits per heavy atom. The normalized spacial score (nSPS) is 13.1. The third-order valence-electron chi connectivity index (χ3n) is 4.73. The lowest BCUT2D eigenvalue weighted by molar-refractivity contribution is -0.122. The van der Waals surface area contributed by atoms with E-state index >= 15 is 0 Å². The molecule has 0 bridgehead atoms. The molecule has 2 aromatic carbocycles. The average molecular weight is 471 g/mol. The monoisotopic (exact) mass is 470 g/mol. The number of methoxy groups -OCH3 is 3. The van der Waals surface area contributed by atoms with Crippen molar-refractivity contribution in [2.24, 2.45) is 0 Å². The Labute approximate surface area is 188 Å². The summed E-state index contributed by atoms with van der Waals surface area (Å²) in [4.78, 5) is 13.0. The predicted molar refractivity (Wildman–Crippen MR) is 121 cm³/mol. The van der Waals surface area contributed by atoms with E-state index in [-0.39, 0.29) is 11.4 Å². The molecule has 0 saturated carbocycles. The van der Waals surface area contributed by atoms with Crippen LogP contribution in [0.2, 0.25) is 5.02 Å². The number of benzene rings is 2. The lowest BCUT2D eigenvalue weighted by atomic mass is 10.1. The highest BCUT2D eigenvalue weighted by molar-refractivity contribution is 7.92. The minimum absolute atomic E-state index is 0.180. The maximum absolute atomic E-state index is 13.0. The van der Waals surface area contributed by atoms with E-state index in [4.69, 9.17) is 25.8 Å². The van der Waals surface area contributed by atoms with Crippen molar-refractivity contribution in [3.63, 3.8) is 0 Å². The summed E-state index contributed by atoms with van der Waals surface area (Å²) in [7, 11) is 0.639. The molecular formula is C21H27ClN2O6S.